The number of aromatic nitrogens is 2. The van der Waals surface area contributed by atoms with Crippen LogP contribution in [0, 0.1) is 20.8 Å². The Morgan fingerprint density at radius 1 is 0.840 bits per heavy atom. The van der Waals surface area contributed by atoms with Gasteiger partial charge in [-0.2, -0.15) is 0 Å². The number of sulfonamides is 1. The van der Waals surface area contributed by atoms with Crippen molar-refractivity contribution in [2.75, 3.05) is 4.72 Å². The topological polar surface area (TPSA) is 73.1 Å². The maximum Gasteiger partial charge on any atom is 0.328 e. The van der Waals surface area contributed by atoms with E-state index in [9.17, 15) is 13.2 Å². The Balaban J connectivity index is 2.13. The van der Waals surface area contributed by atoms with Gasteiger partial charge in [-0.1, -0.05) is 6.07 Å². The molecular formula is C18H21N3O3S. The fourth-order valence-corrected chi connectivity index (χ4v) is 4.23. The van der Waals surface area contributed by atoms with Gasteiger partial charge in [0.2, 0.25) is 0 Å². The van der Waals surface area contributed by atoms with Gasteiger partial charge in [-0.15, -0.1) is 0 Å². The molecule has 0 radical (unpaired) electrons. The molecule has 0 spiro atoms. The van der Waals surface area contributed by atoms with Gasteiger partial charge in [-0.3, -0.25) is 13.9 Å². The molecule has 2 aromatic carbocycles. The predicted octanol–water partition coefficient (Wildman–Crippen LogP) is 2.60. The van der Waals surface area contributed by atoms with Crippen molar-refractivity contribution in [2.24, 2.45) is 14.1 Å². The molecule has 1 heterocycles. The Morgan fingerprint density at radius 3 is 2.04 bits per heavy atom. The van der Waals surface area contributed by atoms with Gasteiger partial charge in [0.1, 0.15) is 0 Å². The number of hydrogen-bond donors (Lipinski definition) is 1. The summed E-state index contributed by atoms with van der Waals surface area (Å²) in [6.07, 6.45) is 0. The van der Waals surface area contributed by atoms with Crippen LogP contribution in [0.25, 0.3) is 11.0 Å². The molecule has 0 aliphatic carbocycles. The number of hydrogen-bond acceptors (Lipinski definition) is 3. The number of aryl methyl sites for hydroxylation is 5. The van der Waals surface area contributed by atoms with E-state index in [0.717, 1.165) is 11.1 Å². The Hall–Kier alpha value is -2.54. The van der Waals surface area contributed by atoms with Gasteiger partial charge in [-0.25, -0.2) is 13.2 Å². The highest BCUT2D eigenvalue weighted by Gasteiger charge is 2.20. The Kier molecular flexibility index (Phi) is 3.99. The molecule has 0 unspecified atom stereocenters. The zero-order chi connectivity index (χ0) is 18.5. The molecule has 1 N–H and O–H groups in total. The van der Waals surface area contributed by atoms with E-state index >= 15 is 0 Å². The second-order valence-corrected chi connectivity index (χ2v) is 8.06. The molecule has 7 heteroatoms. The molecule has 1 aromatic heterocycles. The third kappa shape index (κ3) is 2.84. The van der Waals surface area contributed by atoms with E-state index in [1.54, 1.807) is 45.3 Å². The largest absolute Gasteiger partial charge is 0.328 e. The highest BCUT2D eigenvalue weighted by Crippen LogP contribution is 2.25. The van der Waals surface area contributed by atoms with Crippen molar-refractivity contribution in [3.8, 4) is 0 Å². The van der Waals surface area contributed by atoms with Crippen molar-refractivity contribution in [2.45, 2.75) is 25.7 Å². The summed E-state index contributed by atoms with van der Waals surface area (Å²) in [4.78, 5) is 12.2. The number of nitrogens with zero attached hydrogens (tertiary/aromatic N) is 2. The molecule has 0 aliphatic heterocycles. The summed E-state index contributed by atoms with van der Waals surface area (Å²) in [6, 6.07) is 8.70. The summed E-state index contributed by atoms with van der Waals surface area (Å²) in [6.45, 7) is 5.64. The van der Waals surface area contributed by atoms with E-state index in [0.29, 0.717) is 22.3 Å². The minimum Gasteiger partial charge on any atom is -0.295 e. The summed E-state index contributed by atoms with van der Waals surface area (Å²) in [5.41, 5.74) is 4.31. The van der Waals surface area contributed by atoms with Gasteiger partial charge in [0.15, 0.2) is 0 Å². The third-order valence-corrected chi connectivity index (χ3v) is 6.14. The van der Waals surface area contributed by atoms with Gasteiger partial charge in [-0.05, 0) is 61.7 Å². The van der Waals surface area contributed by atoms with Gasteiger partial charge in [0.05, 0.1) is 15.9 Å². The van der Waals surface area contributed by atoms with E-state index in [1.807, 2.05) is 19.9 Å². The van der Waals surface area contributed by atoms with Crippen LogP contribution in [0.1, 0.15) is 16.7 Å². The monoisotopic (exact) mass is 359 g/mol. The quantitative estimate of drug-likeness (QED) is 0.781. The average Bonchev–Trinajstić information content (AvgIpc) is 2.74. The van der Waals surface area contributed by atoms with E-state index in [4.69, 9.17) is 0 Å². The van der Waals surface area contributed by atoms with Crippen LogP contribution in [0.5, 0.6) is 0 Å². The summed E-state index contributed by atoms with van der Waals surface area (Å²) in [7, 11) is -0.456. The average molecular weight is 359 g/mol. The second kappa shape index (κ2) is 5.77. The van der Waals surface area contributed by atoms with E-state index < -0.39 is 10.0 Å². The maximum absolute atomic E-state index is 12.9. The highest BCUT2D eigenvalue weighted by atomic mass is 32.2. The molecule has 0 amide bonds. The van der Waals surface area contributed by atoms with E-state index in [2.05, 4.69) is 4.72 Å². The third-order valence-electron chi connectivity index (χ3n) is 4.62. The molecule has 0 saturated carbocycles. The summed E-state index contributed by atoms with van der Waals surface area (Å²) < 4.78 is 31.3. The van der Waals surface area contributed by atoms with Crippen molar-refractivity contribution in [1.82, 2.24) is 9.13 Å². The van der Waals surface area contributed by atoms with Crippen molar-refractivity contribution in [1.29, 1.82) is 0 Å². The minimum absolute atomic E-state index is 0.166. The van der Waals surface area contributed by atoms with Crippen LogP contribution in [0.2, 0.25) is 0 Å². The van der Waals surface area contributed by atoms with Gasteiger partial charge in [0, 0.05) is 19.8 Å². The molecule has 6 nitrogen and oxygen atoms in total. The predicted molar refractivity (Wildman–Crippen MR) is 99.6 cm³/mol. The van der Waals surface area contributed by atoms with Gasteiger partial charge < -0.3 is 0 Å². The minimum atomic E-state index is -3.76. The molecule has 132 valence electrons. The lowest BCUT2D eigenvalue weighted by Gasteiger charge is -2.12. The highest BCUT2D eigenvalue weighted by molar-refractivity contribution is 7.92. The van der Waals surface area contributed by atoms with Crippen LogP contribution in [0.15, 0.2) is 40.0 Å². The van der Waals surface area contributed by atoms with Crippen LogP contribution in [-0.2, 0) is 24.1 Å². The first-order valence-corrected chi connectivity index (χ1v) is 9.36. The van der Waals surface area contributed by atoms with Crippen molar-refractivity contribution >= 4 is 26.7 Å². The SMILES string of the molecule is Cc1ccc(NS(=O)(=O)c2cc3c(cc2C)n(C)c(=O)n3C)cc1C. The normalized spacial score (nSPS) is 11.9. The Morgan fingerprint density at radius 2 is 1.44 bits per heavy atom. The summed E-state index contributed by atoms with van der Waals surface area (Å²) in [5, 5.41) is 0. The number of nitrogens with one attached hydrogen (secondary N) is 1. The van der Waals surface area contributed by atoms with E-state index in [-0.39, 0.29) is 10.6 Å². The number of fused-ring (bicyclic) bond motifs is 1. The molecule has 25 heavy (non-hydrogen) atoms. The first-order chi connectivity index (χ1) is 11.6. The van der Waals surface area contributed by atoms with Crippen LogP contribution in [0.4, 0.5) is 5.69 Å². The van der Waals surface area contributed by atoms with E-state index in [1.165, 1.54) is 9.13 Å². The van der Waals surface area contributed by atoms with Crippen LogP contribution in [-0.4, -0.2) is 17.6 Å². The van der Waals surface area contributed by atoms with Crippen LogP contribution >= 0.6 is 0 Å². The smallest absolute Gasteiger partial charge is 0.295 e. The lowest BCUT2D eigenvalue weighted by Crippen LogP contribution is -2.19. The zero-order valence-corrected chi connectivity index (χ0v) is 15.7. The van der Waals surface area contributed by atoms with Crippen LogP contribution < -0.4 is 10.4 Å². The fourth-order valence-electron chi connectivity index (χ4n) is 2.94. The van der Waals surface area contributed by atoms with Crippen LogP contribution in [0.3, 0.4) is 0 Å². The first-order valence-electron chi connectivity index (χ1n) is 7.88. The molecule has 0 fully saturated rings. The molecule has 0 atom stereocenters. The lowest BCUT2D eigenvalue weighted by atomic mass is 10.1. The van der Waals surface area contributed by atoms with Gasteiger partial charge in [0.25, 0.3) is 10.0 Å². The maximum atomic E-state index is 12.9. The first kappa shape index (κ1) is 17.3. The Labute approximate surface area is 146 Å². The fraction of sp³-hybridized carbons (Fsp3) is 0.278. The van der Waals surface area contributed by atoms with Gasteiger partial charge >= 0.3 is 5.69 Å². The van der Waals surface area contributed by atoms with Crippen molar-refractivity contribution in [3.05, 3.63) is 57.5 Å². The molecular weight excluding hydrogens is 338 g/mol. The van der Waals surface area contributed by atoms with Crippen molar-refractivity contribution < 1.29 is 8.42 Å². The second-order valence-electron chi connectivity index (χ2n) is 6.41. The molecule has 0 bridgehead atoms. The van der Waals surface area contributed by atoms with Crippen molar-refractivity contribution in [3.63, 3.8) is 0 Å². The molecule has 3 aromatic rings. The number of rotatable bonds is 3. The lowest BCUT2D eigenvalue weighted by molar-refractivity contribution is 0.600. The Bertz CT molecular complexity index is 1150. The molecule has 0 saturated heterocycles. The molecule has 0 aliphatic rings. The zero-order valence-electron chi connectivity index (χ0n) is 14.9. The number of benzene rings is 2. The number of imidazole rings is 1. The standard InChI is InChI=1S/C18H21N3O3S/c1-11-6-7-14(8-12(11)2)19-25(23,24)17-10-16-15(9-13(17)3)20(4)18(22)21(16)5/h6-10,19H,1-5H3. The molecule has 3 rings (SSSR count). The number of anilines is 1. The summed E-state index contributed by atoms with van der Waals surface area (Å²) in [5.74, 6) is 0. The summed E-state index contributed by atoms with van der Waals surface area (Å²) >= 11 is 0.